The summed E-state index contributed by atoms with van der Waals surface area (Å²) in [5, 5.41) is 8.87. The monoisotopic (exact) mass is 235 g/mol. The molecule has 1 N–H and O–H groups in total. The fourth-order valence-electron chi connectivity index (χ4n) is 1.22. The molecule has 0 unspecified atom stereocenters. The van der Waals surface area contributed by atoms with E-state index in [1.54, 1.807) is 0 Å². The van der Waals surface area contributed by atoms with Gasteiger partial charge in [-0.3, -0.25) is 0 Å². The maximum atomic E-state index is 10.8. The molecule has 16 heavy (non-hydrogen) atoms. The first-order valence-corrected chi connectivity index (χ1v) is 5.39. The molecule has 82 valence electrons. The smallest absolute Gasteiger partial charge is 0.347 e. The average molecular weight is 235 g/mol. The van der Waals surface area contributed by atoms with Crippen molar-refractivity contribution in [2.24, 2.45) is 0 Å². The number of hydrogen-bond donors (Lipinski definition) is 1. The van der Waals surface area contributed by atoms with Gasteiger partial charge in [0.25, 0.3) is 0 Å². The molecule has 0 aliphatic rings. The van der Waals surface area contributed by atoms with Crippen LogP contribution in [0.25, 0.3) is 0 Å². The van der Waals surface area contributed by atoms with Crippen molar-refractivity contribution in [3.63, 3.8) is 0 Å². The van der Waals surface area contributed by atoms with Crippen molar-refractivity contribution in [2.75, 3.05) is 0 Å². The van der Waals surface area contributed by atoms with Gasteiger partial charge in [0.05, 0.1) is 0 Å². The fraction of sp³-hybridized carbons (Fsp3) is 0.0909. The summed E-state index contributed by atoms with van der Waals surface area (Å²) in [5.74, 6) is -0.251. The van der Waals surface area contributed by atoms with E-state index in [2.05, 4.69) is 4.37 Å². The second-order valence-corrected chi connectivity index (χ2v) is 3.89. The lowest BCUT2D eigenvalue weighted by atomic mass is 10.3. The van der Waals surface area contributed by atoms with Crippen LogP contribution in [0.2, 0.25) is 0 Å². The quantitative estimate of drug-likeness (QED) is 0.884. The first-order valence-electron chi connectivity index (χ1n) is 4.62. The van der Waals surface area contributed by atoms with Crippen LogP contribution in [-0.4, -0.2) is 15.4 Å². The molecular formula is C11H9NO3S. The first-order chi connectivity index (χ1) is 7.77. The molecule has 2 aromatic rings. The van der Waals surface area contributed by atoms with Gasteiger partial charge in [0.2, 0.25) is 0 Å². The molecule has 0 radical (unpaired) electrons. The Morgan fingerprint density at radius 1 is 1.38 bits per heavy atom. The standard InChI is InChI=1S/C11H9NO3S/c13-11(14)10-8(6-12-16-10)7-15-9-4-2-1-3-5-9/h1-6H,7H2,(H,13,14). The highest BCUT2D eigenvalue weighted by molar-refractivity contribution is 7.08. The Balaban J connectivity index is 2.05. The molecule has 1 aromatic carbocycles. The third-order valence-corrected chi connectivity index (χ3v) is 2.81. The lowest BCUT2D eigenvalue weighted by Crippen LogP contribution is -2.01. The van der Waals surface area contributed by atoms with Gasteiger partial charge in [0, 0.05) is 11.8 Å². The largest absolute Gasteiger partial charge is 0.489 e. The molecule has 4 nitrogen and oxygen atoms in total. The summed E-state index contributed by atoms with van der Waals surface area (Å²) in [4.78, 5) is 11.0. The number of carbonyl (C=O) groups is 1. The minimum Gasteiger partial charge on any atom is -0.489 e. The number of carboxylic acids is 1. The van der Waals surface area contributed by atoms with Crippen LogP contribution in [0.1, 0.15) is 15.2 Å². The van der Waals surface area contributed by atoms with Gasteiger partial charge < -0.3 is 9.84 Å². The number of rotatable bonds is 4. The molecule has 0 spiro atoms. The summed E-state index contributed by atoms with van der Waals surface area (Å²) in [7, 11) is 0. The number of aromatic carboxylic acids is 1. The summed E-state index contributed by atoms with van der Waals surface area (Å²) < 4.78 is 9.28. The van der Waals surface area contributed by atoms with Crippen molar-refractivity contribution in [3.8, 4) is 5.75 Å². The number of carboxylic acid groups (broad SMARTS) is 1. The molecule has 0 saturated carbocycles. The minimum atomic E-state index is -0.964. The van der Waals surface area contributed by atoms with Crippen LogP contribution in [0.5, 0.6) is 5.75 Å². The normalized spacial score (nSPS) is 10.0. The average Bonchev–Trinajstić information content (AvgIpc) is 2.76. The van der Waals surface area contributed by atoms with Gasteiger partial charge in [-0.15, -0.1) is 0 Å². The molecule has 1 aromatic heterocycles. The maximum Gasteiger partial charge on any atom is 0.347 e. The van der Waals surface area contributed by atoms with Crippen molar-refractivity contribution in [1.29, 1.82) is 0 Å². The molecule has 0 bridgehead atoms. The highest BCUT2D eigenvalue weighted by Gasteiger charge is 2.13. The Morgan fingerprint density at radius 2 is 2.12 bits per heavy atom. The Morgan fingerprint density at radius 3 is 2.81 bits per heavy atom. The molecule has 1 heterocycles. The minimum absolute atomic E-state index is 0.224. The Hall–Kier alpha value is -1.88. The van der Waals surface area contributed by atoms with Gasteiger partial charge in [-0.2, -0.15) is 4.37 Å². The molecule has 0 aliphatic carbocycles. The zero-order valence-corrected chi connectivity index (χ0v) is 9.11. The van der Waals surface area contributed by atoms with E-state index in [1.165, 1.54) is 6.20 Å². The predicted molar refractivity (Wildman–Crippen MR) is 59.8 cm³/mol. The highest BCUT2D eigenvalue weighted by atomic mass is 32.1. The summed E-state index contributed by atoms with van der Waals surface area (Å²) in [5.41, 5.74) is 0.598. The van der Waals surface area contributed by atoms with Gasteiger partial charge in [-0.05, 0) is 23.7 Å². The van der Waals surface area contributed by atoms with E-state index in [0.29, 0.717) is 11.3 Å². The SMILES string of the molecule is O=C(O)c1sncc1COc1ccccc1. The van der Waals surface area contributed by atoms with Crippen molar-refractivity contribution in [2.45, 2.75) is 6.61 Å². The number of hydrogen-bond acceptors (Lipinski definition) is 4. The maximum absolute atomic E-state index is 10.8. The van der Waals surface area contributed by atoms with Gasteiger partial charge in [0.1, 0.15) is 17.2 Å². The Labute approximate surface area is 96.3 Å². The summed E-state index contributed by atoms with van der Waals surface area (Å²) in [6, 6.07) is 9.25. The van der Waals surface area contributed by atoms with Crippen molar-refractivity contribution < 1.29 is 14.6 Å². The first kappa shape index (κ1) is 10.6. The van der Waals surface area contributed by atoms with Crippen molar-refractivity contribution in [1.82, 2.24) is 4.37 Å². The van der Waals surface area contributed by atoms with Crippen LogP contribution in [0.15, 0.2) is 36.5 Å². The second-order valence-electron chi connectivity index (χ2n) is 3.09. The van der Waals surface area contributed by atoms with Crippen molar-refractivity contribution >= 4 is 17.5 Å². The lowest BCUT2D eigenvalue weighted by molar-refractivity contribution is 0.0699. The van der Waals surface area contributed by atoms with Gasteiger partial charge in [-0.25, -0.2) is 4.79 Å². The van der Waals surface area contributed by atoms with E-state index in [0.717, 1.165) is 11.5 Å². The topological polar surface area (TPSA) is 59.4 Å². The number of aromatic nitrogens is 1. The molecule has 0 fully saturated rings. The van der Waals surface area contributed by atoms with E-state index < -0.39 is 5.97 Å². The van der Waals surface area contributed by atoms with Crippen LogP contribution >= 0.6 is 11.5 Å². The van der Waals surface area contributed by atoms with Gasteiger partial charge in [0.15, 0.2) is 0 Å². The zero-order chi connectivity index (χ0) is 11.4. The number of ether oxygens (including phenoxy) is 1. The summed E-state index contributed by atoms with van der Waals surface area (Å²) in [6.45, 7) is 0.224. The number of para-hydroxylation sites is 1. The molecule has 2 rings (SSSR count). The molecular weight excluding hydrogens is 226 g/mol. The lowest BCUT2D eigenvalue weighted by Gasteiger charge is -2.04. The number of benzene rings is 1. The molecule has 0 atom stereocenters. The van der Waals surface area contributed by atoms with Crippen molar-refractivity contribution in [3.05, 3.63) is 47.0 Å². The van der Waals surface area contributed by atoms with E-state index in [4.69, 9.17) is 9.84 Å². The van der Waals surface area contributed by atoms with E-state index >= 15 is 0 Å². The van der Waals surface area contributed by atoms with E-state index in [-0.39, 0.29) is 11.5 Å². The number of nitrogens with zero attached hydrogens (tertiary/aromatic N) is 1. The summed E-state index contributed by atoms with van der Waals surface area (Å²) >= 11 is 0.963. The van der Waals surface area contributed by atoms with Crippen LogP contribution < -0.4 is 4.74 Å². The van der Waals surface area contributed by atoms with Crippen LogP contribution in [0, 0.1) is 0 Å². The van der Waals surface area contributed by atoms with E-state index in [9.17, 15) is 4.79 Å². The third kappa shape index (κ3) is 2.38. The molecule has 0 amide bonds. The van der Waals surface area contributed by atoms with E-state index in [1.807, 2.05) is 30.3 Å². The highest BCUT2D eigenvalue weighted by Crippen LogP contribution is 2.17. The molecule has 0 saturated heterocycles. The molecule has 5 heteroatoms. The third-order valence-electron chi connectivity index (χ3n) is 1.98. The summed E-state index contributed by atoms with van der Waals surface area (Å²) in [6.07, 6.45) is 1.52. The predicted octanol–water partition coefficient (Wildman–Crippen LogP) is 2.42. The van der Waals surface area contributed by atoms with Crippen LogP contribution in [0.3, 0.4) is 0 Å². The molecule has 0 aliphatic heterocycles. The second kappa shape index (κ2) is 4.76. The van der Waals surface area contributed by atoms with Gasteiger partial charge in [-0.1, -0.05) is 18.2 Å². The fourth-order valence-corrected chi connectivity index (χ4v) is 1.81. The van der Waals surface area contributed by atoms with Crippen LogP contribution in [0.4, 0.5) is 0 Å². The Kier molecular flexibility index (Phi) is 3.16. The van der Waals surface area contributed by atoms with Gasteiger partial charge >= 0.3 is 5.97 Å². The Bertz CT molecular complexity index is 481. The van der Waals surface area contributed by atoms with Crippen LogP contribution in [-0.2, 0) is 6.61 Å². The zero-order valence-electron chi connectivity index (χ0n) is 8.29.